The van der Waals surface area contributed by atoms with E-state index in [1.54, 1.807) is 7.11 Å². The van der Waals surface area contributed by atoms with Crippen molar-refractivity contribution >= 4 is 5.97 Å². The van der Waals surface area contributed by atoms with Gasteiger partial charge in [-0.15, -0.1) is 0 Å². The van der Waals surface area contributed by atoms with Crippen LogP contribution >= 0.6 is 0 Å². The molecule has 1 aliphatic heterocycles. The average molecular weight is 239 g/mol. The molecular weight excluding hydrogens is 222 g/mol. The summed E-state index contributed by atoms with van der Waals surface area (Å²) in [5.41, 5.74) is 6.73. The molecule has 6 heteroatoms. The zero-order valence-electron chi connectivity index (χ0n) is 9.85. The fourth-order valence-corrected chi connectivity index (χ4v) is 2.29. The zero-order valence-corrected chi connectivity index (χ0v) is 9.85. The van der Waals surface area contributed by atoms with Crippen molar-refractivity contribution in [1.82, 2.24) is 9.55 Å². The molecule has 0 aliphatic carbocycles. The number of carboxylic acids is 1. The summed E-state index contributed by atoms with van der Waals surface area (Å²) in [7, 11) is 1.61. The quantitative estimate of drug-likeness (QED) is 0.801. The number of hydrogen-bond donors (Lipinski definition) is 2. The van der Waals surface area contributed by atoms with Crippen molar-refractivity contribution in [2.75, 3.05) is 13.7 Å². The van der Waals surface area contributed by atoms with Crippen LogP contribution in [0.1, 0.15) is 40.9 Å². The summed E-state index contributed by atoms with van der Waals surface area (Å²) < 4.78 is 6.94. The third-order valence-electron chi connectivity index (χ3n) is 3.07. The molecule has 0 aromatic carbocycles. The van der Waals surface area contributed by atoms with Gasteiger partial charge in [-0.2, -0.15) is 0 Å². The first-order chi connectivity index (χ1) is 8.15. The first-order valence-electron chi connectivity index (χ1n) is 5.72. The van der Waals surface area contributed by atoms with Gasteiger partial charge in [0.2, 0.25) is 0 Å². The maximum atomic E-state index is 11.1. The van der Waals surface area contributed by atoms with Crippen molar-refractivity contribution in [2.24, 2.45) is 5.73 Å². The molecule has 0 fully saturated rings. The second-order valence-electron chi connectivity index (χ2n) is 4.21. The molecule has 2 heterocycles. The van der Waals surface area contributed by atoms with Gasteiger partial charge >= 0.3 is 5.97 Å². The van der Waals surface area contributed by atoms with Crippen LogP contribution in [0.25, 0.3) is 0 Å². The van der Waals surface area contributed by atoms with Gasteiger partial charge in [0.25, 0.3) is 0 Å². The second-order valence-corrected chi connectivity index (χ2v) is 4.21. The Labute approximate surface area is 99.4 Å². The lowest BCUT2D eigenvalue weighted by Crippen LogP contribution is -2.24. The Balaban J connectivity index is 2.41. The first-order valence-corrected chi connectivity index (χ1v) is 5.72. The van der Waals surface area contributed by atoms with Crippen LogP contribution in [-0.2, 0) is 17.7 Å². The molecule has 1 aromatic rings. The zero-order chi connectivity index (χ0) is 12.4. The highest BCUT2D eigenvalue weighted by molar-refractivity contribution is 5.87. The van der Waals surface area contributed by atoms with E-state index in [-0.39, 0.29) is 11.7 Å². The number of imidazole rings is 1. The van der Waals surface area contributed by atoms with Gasteiger partial charge in [-0.1, -0.05) is 0 Å². The van der Waals surface area contributed by atoms with Gasteiger partial charge < -0.3 is 20.1 Å². The van der Waals surface area contributed by atoms with Crippen molar-refractivity contribution in [3.63, 3.8) is 0 Å². The number of carbonyl (C=O) groups is 1. The maximum Gasteiger partial charge on any atom is 0.356 e. The van der Waals surface area contributed by atoms with Crippen LogP contribution in [0.3, 0.4) is 0 Å². The van der Waals surface area contributed by atoms with E-state index >= 15 is 0 Å². The van der Waals surface area contributed by atoms with Crippen LogP contribution in [0.2, 0.25) is 0 Å². The number of methoxy groups -OCH3 is 1. The van der Waals surface area contributed by atoms with Gasteiger partial charge in [-0.3, -0.25) is 0 Å². The summed E-state index contributed by atoms with van der Waals surface area (Å²) in [4.78, 5) is 15.3. The lowest BCUT2D eigenvalue weighted by Gasteiger charge is -2.22. The molecule has 0 saturated heterocycles. The van der Waals surface area contributed by atoms with Crippen molar-refractivity contribution in [1.29, 1.82) is 0 Å². The van der Waals surface area contributed by atoms with Crippen LogP contribution in [0.4, 0.5) is 0 Å². The first kappa shape index (κ1) is 12.1. The van der Waals surface area contributed by atoms with Crippen molar-refractivity contribution in [3.05, 3.63) is 17.2 Å². The molecular formula is C11H17N3O3. The number of aromatic carboxylic acids is 1. The lowest BCUT2D eigenvalue weighted by molar-refractivity contribution is 0.0688. The third kappa shape index (κ3) is 2.18. The number of nitrogens with zero attached hydrogens (tertiary/aromatic N) is 2. The molecule has 0 bridgehead atoms. The monoisotopic (exact) mass is 239 g/mol. The highest BCUT2D eigenvalue weighted by atomic mass is 16.5. The molecule has 0 amide bonds. The number of rotatable bonds is 4. The summed E-state index contributed by atoms with van der Waals surface area (Å²) in [6.07, 6.45) is 2.39. The number of carboxylic acid groups (broad SMARTS) is 1. The molecule has 2 rings (SSSR count). The summed E-state index contributed by atoms with van der Waals surface area (Å²) in [6.45, 7) is 1.33. The van der Waals surface area contributed by atoms with Crippen LogP contribution in [0, 0.1) is 0 Å². The lowest BCUT2D eigenvalue weighted by atomic mass is 10.0. The van der Waals surface area contributed by atoms with Crippen LogP contribution < -0.4 is 5.73 Å². The number of ether oxygens (including phenoxy) is 1. The van der Waals surface area contributed by atoms with E-state index in [0.717, 1.165) is 25.2 Å². The molecule has 1 aliphatic rings. The fourth-order valence-electron chi connectivity index (χ4n) is 2.29. The second kappa shape index (κ2) is 4.85. The van der Waals surface area contributed by atoms with Gasteiger partial charge in [0.15, 0.2) is 5.69 Å². The van der Waals surface area contributed by atoms with Gasteiger partial charge in [0, 0.05) is 26.1 Å². The summed E-state index contributed by atoms with van der Waals surface area (Å²) in [6, 6.07) is -0.223. The molecule has 94 valence electrons. The molecule has 0 spiro atoms. The van der Waals surface area contributed by atoms with Gasteiger partial charge in [-0.05, 0) is 12.8 Å². The van der Waals surface area contributed by atoms with E-state index in [1.165, 1.54) is 0 Å². The van der Waals surface area contributed by atoms with Gasteiger partial charge in [0.05, 0.1) is 12.3 Å². The van der Waals surface area contributed by atoms with E-state index in [1.807, 2.05) is 4.57 Å². The molecule has 6 nitrogen and oxygen atoms in total. The third-order valence-corrected chi connectivity index (χ3v) is 3.07. The SMILES string of the molecule is COCCc1nc(C(=O)O)c2n1CCCC2N. The number of aromatic nitrogens is 2. The number of nitrogens with two attached hydrogens (primary N) is 1. The highest BCUT2D eigenvalue weighted by Crippen LogP contribution is 2.27. The van der Waals surface area contributed by atoms with Crippen molar-refractivity contribution in [2.45, 2.75) is 31.8 Å². The van der Waals surface area contributed by atoms with E-state index in [9.17, 15) is 4.79 Å². The number of fused-ring (bicyclic) bond motifs is 1. The normalized spacial score (nSPS) is 19.1. The molecule has 0 saturated carbocycles. The van der Waals surface area contributed by atoms with E-state index in [0.29, 0.717) is 18.7 Å². The molecule has 3 N–H and O–H groups in total. The van der Waals surface area contributed by atoms with Crippen molar-refractivity contribution in [3.8, 4) is 0 Å². The van der Waals surface area contributed by atoms with Gasteiger partial charge in [0.1, 0.15) is 5.82 Å². The Morgan fingerprint density at radius 3 is 3.12 bits per heavy atom. The molecule has 1 aromatic heterocycles. The largest absolute Gasteiger partial charge is 0.476 e. The Morgan fingerprint density at radius 1 is 1.71 bits per heavy atom. The smallest absolute Gasteiger partial charge is 0.356 e. The van der Waals surface area contributed by atoms with Crippen LogP contribution in [-0.4, -0.2) is 34.3 Å². The Hall–Kier alpha value is -1.40. The minimum Gasteiger partial charge on any atom is -0.476 e. The Bertz CT molecular complexity index is 428. The Kier molecular flexibility index (Phi) is 3.44. The average Bonchev–Trinajstić information content (AvgIpc) is 2.67. The van der Waals surface area contributed by atoms with Crippen molar-refractivity contribution < 1.29 is 14.6 Å². The summed E-state index contributed by atoms with van der Waals surface area (Å²) >= 11 is 0. The summed E-state index contributed by atoms with van der Waals surface area (Å²) in [5, 5.41) is 9.13. The van der Waals surface area contributed by atoms with E-state index < -0.39 is 5.97 Å². The van der Waals surface area contributed by atoms with E-state index in [2.05, 4.69) is 4.98 Å². The minimum atomic E-state index is -1.00. The molecule has 17 heavy (non-hydrogen) atoms. The standard InChI is InChI=1S/C11H17N3O3/c1-17-6-4-8-13-9(11(15)16)10-7(12)3-2-5-14(8)10/h7H,2-6,12H2,1H3,(H,15,16). The topological polar surface area (TPSA) is 90.4 Å². The highest BCUT2D eigenvalue weighted by Gasteiger charge is 2.28. The molecule has 1 atom stereocenters. The van der Waals surface area contributed by atoms with Gasteiger partial charge in [-0.25, -0.2) is 9.78 Å². The fraction of sp³-hybridized carbons (Fsp3) is 0.636. The van der Waals surface area contributed by atoms with Crippen LogP contribution in [0.5, 0.6) is 0 Å². The maximum absolute atomic E-state index is 11.1. The van der Waals surface area contributed by atoms with E-state index in [4.69, 9.17) is 15.6 Å². The predicted octanol–water partition coefficient (Wildman–Crippen LogP) is 0.564. The summed E-state index contributed by atoms with van der Waals surface area (Å²) in [5.74, 6) is -0.246. The Morgan fingerprint density at radius 2 is 2.47 bits per heavy atom. The minimum absolute atomic E-state index is 0.100. The van der Waals surface area contributed by atoms with Crippen LogP contribution in [0.15, 0.2) is 0 Å². The molecule has 0 radical (unpaired) electrons. The molecule has 1 unspecified atom stereocenters. The number of hydrogen-bond acceptors (Lipinski definition) is 4. The predicted molar refractivity (Wildman–Crippen MR) is 60.9 cm³/mol.